The molecule has 0 spiro atoms. The Bertz CT molecular complexity index is 543. The summed E-state index contributed by atoms with van der Waals surface area (Å²) in [6.45, 7) is 0. The first-order valence-electron chi connectivity index (χ1n) is 5.03. The van der Waals surface area contributed by atoms with E-state index in [0.29, 0.717) is 27.6 Å². The van der Waals surface area contributed by atoms with Crippen molar-refractivity contribution >= 4 is 40.8 Å². The van der Waals surface area contributed by atoms with Crippen molar-refractivity contribution in [2.75, 3.05) is 24.3 Å². The number of nitrogens with zero attached hydrogens (tertiary/aromatic N) is 5. The minimum atomic E-state index is 0.291. The zero-order valence-electron chi connectivity index (χ0n) is 9.72. The quantitative estimate of drug-likeness (QED) is 0.934. The molecule has 94 valence electrons. The van der Waals surface area contributed by atoms with E-state index in [1.165, 1.54) is 0 Å². The van der Waals surface area contributed by atoms with Gasteiger partial charge in [0.25, 0.3) is 11.9 Å². The highest BCUT2D eigenvalue weighted by molar-refractivity contribution is 6.42. The van der Waals surface area contributed by atoms with Crippen LogP contribution in [0.2, 0.25) is 10.0 Å². The molecule has 1 aromatic heterocycles. The van der Waals surface area contributed by atoms with Gasteiger partial charge in [0.05, 0.1) is 10.0 Å². The van der Waals surface area contributed by atoms with Crippen molar-refractivity contribution in [3.05, 3.63) is 28.2 Å². The molecule has 6 nitrogen and oxygen atoms in total. The molecule has 0 fully saturated rings. The molecule has 2 rings (SSSR count). The van der Waals surface area contributed by atoms with Crippen molar-refractivity contribution in [3.63, 3.8) is 0 Å². The molecule has 2 aromatic rings. The highest BCUT2D eigenvalue weighted by Crippen LogP contribution is 2.25. The Balaban J connectivity index is 2.15. The predicted octanol–water partition coefficient (Wildman–Crippen LogP) is 2.38. The largest absolute Gasteiger partial charge is 0.344 e. The van der Waals surface area contributed by atoms with Gasteiger partial charge in [0, 0.05) is 19.8 Å². The van der Waals surface area contributed by atoms with E-state index in [1.54, 1.807) is 23.1 Å². The first-order valence-corrected chi connectivity index (χ1v) is 5.78. The molecule has 0 saturated carbocycles. The number of hydrogen-bond acceptors (Lipinski definition) is 6. The zero-order valence-corrected chi connectivity index (χ0v) is 11.2. The maximum Gasteiger partial charge on any atom is 0.266 e. The van der Waals surface area contributed by atoms with E-state index in [-0.39, 0.29) is 0 Å². The summed E-state index contributed by atoms with van der Waals surface area (Å²) in [6.07, 6.45) is 0. The fourth-order valence-corrected chi connectivity index (χ4v) is 1.45. The Labute approximate surface area is 114 Å². The summed E-state index contributed by atoms with van der Waals surface area (Å²) in [5.41, 5.74) is 0.714. The number of rotatable bonds is 3. The minimum absolute atomic E-state index is 0.291. The lowest BCUT2D eigenvalue weighted by atomic mass is 10.3. The summed E-state index contributed by atoms with van der Waals surface area (Å²) in [5.74, 6) is 0.730. The van der Waals surface area contributed by atoms with Gasteiger partial charge >= 0.3 is 0 Å². The summed E-state index contributed by atoms with van der Waals surface area (Å²) < 4.78 is 0. The van der Waals surface area contributed by atoms with E-state index in [1.807, 2.05) is 14.1 Å². The third-order valence-corrected chi connectivity index (χ3v) is 2.78. The van der Waals surface area contributed by atoms with Crippen LogP contribution in [0.1, 0.15) is 0 Å². The molecule has 1 aromatic carbocycles. The van der Waals surface area contributed by atoms with Crippen molar-refractivity contribution in [1.29, 1.82) is 0 Å². The Hall–Kier alpha value is -1.66. The average molecular weight is 285 g/mol. The van der Waals surface area contributed by atoms with Gasteiger partial charge in [-0.15, -0.1) is 20.4 Å². The lowest BCUT2D eigenvalue weighted by Crippen LogP contribution is -2.15. The Kier molecular flexibility index (Phi) is 3.78. The fraction of sp³-hybridized carbons (Fsp3) is 0.200. The molecule has 0 radical (unpaired) electrons. The van der Waals surface area contributed by atoms with Crippen LogP contribution in [0.25, 0.3) is 0 Å². The van der Waals surface area contributed by atoms with E-state index < -0.39 is 0 Å². The highest BCUT2D eigenvalue weighted by Gasteiger charge is 2.04. The number of benzene rings is 1. The molecule has 0 aliphatic carbocycles. The van der Waals surface area contributed by atoms with Gasteiger partial charge in [-0.3, -0.25) is 0 Å². The highest BCUT2D eigenvalue weighted by atomic mass is 35.5. The molecule has 0 aliphatic heterocycles. The summed E-state index contributed by atoms with van der Waals surface area (Å²) in [6, 6.07) is 5.12. The van der Waals surface area contributed by atoms with E-state index in [4.69, 9.17) is 23.2 Å². The smallest absolute Gasteiger partial charge is 0.266 e. The van der Waals surface area contributed by atoms with Crippen LogP contribution >= 0.6 is 23.2 Å². The average Bonchev–Trinajstić information content (AvgIpc) is 2.34. The van der Waals surface area contributed by atoms with Gasteiger partial charge < -0.3 is 10.2 Å². The maximum atomic E-state index is 5.90. The van der Waals surface area contributed by atoms with Crippen LogP contribution in [-0.4, -0.2) is 34.5 Å². The van der Waals surface area contributed by atoms with Gasteiger partial charge in [-0.25, -0.2) is 0 Å². The van der Waals surface area contributed by atoms with Crippen LogP contribution in [0.15, 0.2) is 18.2 Å². The Morgan fingerprint density at radius 2 is 1.67 bits per heavy atom. The van der Waals surface area contributed by atoms with Gasteiger partial charge in [-0.05, 0) is 18.2 Å². The molecule has 0 atom stereocenters. The van der Waals surface area contributed by atoms with E-state index >= 15 is 0 Å². The topological polar surface area (TPSA) is 66.8 Å². The van der Waals surface area contributed by atoms with Crippen molar-refractivity contribution < 1.29 is 0 Å². The molecule has 0 unspecified atom stereocenters. The molecule has 1 heterocycles. The second-order valence-electron chi connectivity index (χ2n) is 3.67. The Morgan fingerprint density at radius 1 is 1.00 bits per heavy atom. The van der Waals surface area contributed by atoms with Crippen molar-refractivity contribution in [2.45, 2.75) is 0 Å². The number of anilines is 3. The van der Waals surface area contributed by atoms with E-state index in [2.05, 4.69) is 25.7 Å². The molecule has 0 bridgehead atoms. The summed E-state index contributed by atoms with van der Waals surface area (Å²) >= 11 is 11.7. The standard InChI is InChI=1S/C10H10Cl2N6/c1-18(2)10-16-14-9(15-17-10)13-6-3-4-7(11)8(12)5-6/h3-5H,1-2H3,(H,13,14,15). The summed E-state index contributed by atoms with van der Waals surface area (Å²) in [7, 11) is 3.62. The predicted molar refractivity (Wildman–Crippen MR) is 71.7 cm³/mol. The minimum Gasteiger partial charge on any atom is -0.344 e. The second kappa shape index (κ2) is 5.32. The van der Waals surface area contributed by atoms with Gasteiger partial charge in [-0.2, -0.15) is 0 Å². The number of hydrogen-bond donors (Lipinski definition) is 1. The lowest BCUT2D eigenvalue weighted by molar-refractivity contribution is 0.831. The van der Waals surface area contributed by atoms with Crippen LogP contribution in [-0.2, 0) is 0 Å². The van der Waals surface area contributed by atoms with E-state index in [9.17, 15) is 0 Å². The molecule has 0 aliphatic rings. The first kappa shape index (κ1) is 12.8. The number of halogens is 2. The zero-order chi connectivity index (χ0) is 13.1. The third kappa shape index (κ3) is 2.96. The monoisotopic (exact) mass is 284 g/mol. The molecular weight excluding hydrogens is 275 g/mol. The van der Waals surface area contributed by atoms with E-state index in [0.717, 1.165) is 0 Å². The number of aromatic nitrogens is 4. The van der Waals surface area contributed by atoms with Crippen LogP contribution in [0.4, 0.5) is 17.6 Å². The SMILES string of the molecule is CN(C)c1nnc(Nc2ccc(Cl)c(Cl)c2)nn1. The second-order valence-corrected chi connectivity index (χ2v) is 4.49. The van der Waals surface area contributed by atoms with Gasteiger partial charge in [0.2, 0.25) is 0 Å². The third-order valence-electron chi connectivity index (χ3n) is 2.04. The fourth-order valence-electron chi connectivity index (χ4n) is 1.16. The van der Waals surface area contributed by atoms with Crippen LogP contribution in [0.5, 0.6) is 0 Å². The summed E-state index contributed by atoms with van der Waals surface area (Å²) in [5, 5.41) is 19.4. The van der Waals surface area contributed by atoms with Gasteiger partial charge in [0.15, 0.2) is 0 Å². The van der Waals surface area contributed by atoms with Gasteiger partial charge in [-0.1, -0.05) is 23.2 Å². The normalized spacial score (nSPS) is 10.2. The maximum absolute atomic E-state index is 5.90. The lowest BCUT2D eigenvalue weighted by Gasteiger charge is -2.08. The van der Waals surface area contributed by atoms with Crippen molar-refractivity contribution in [1.82, 2.24) is 20.4 Å². The first-order chi connectivity index (χ1) is 8.56. The molecule has 0 amide bonds. The molecule has 1 N–H and O–H groups in total. The molecular formula is C10H10Cl2N6. The van der Waals surface area contributed by atoms with Crippen LogP contribution in [0.3, 0.4) is 0 Å². The summed E-state index contributed by atoms with van der Waals surface area (Å²) in [4.78, 5) is 1.71. The number of nitrogens with one attached hydrogen (secondary N) is 1. The van der Waals surface area contributed by atoms with Crippen LogP contribution < -0.4 is 10.2 Å². The molecule has 18 heavy (non-hydrogen) atoms. The van der Waals surface area contributed by atoms with Crippen LogP contribution in [0, 0.1) is 0 Å². The Morgan fingerprint density at radius 3 is 2.22 bits per heavy atom. The van der Waals surface area contributed by atoms with Crippen molar-refractivity contribution in [2.24, 2.45) is 0 Å². The molecule has 0 saturated heterocycles. The van der Waals surface area contributed by atoms with Crippen molar-refractivity contribution in [3.8, 4) is 0 Å². The van der Waals surface area contributed by atoms with Gasteiger partial charge in [0.1, 0.15) is 0 Å². The molecule has 8 heteroatoms.